The first-order valence-corrected chi connectivity index (χ1v) is 6.24. The second kappa shape index (κ2) is 4.41. The van der Waals surface area contributed by atoms with Gasteiger partial charge in [0.05, 0.1) is 5.04 Å². The third-order valence-electron chi connectivity index (χ3n) is 2.60. The van der Waals surface area contributed by atoms with Gasteiger partial charge in [-0.05, 0) is 25.3 Å². The summed E-state index contributed by atoms with van der Waals surface area (Å²) in [6.07, 6.45) is 1.72. The smallest absolute Gasteiger partial charge is 0.182 e. The largest absolute Gasteiger partial charge is 0.299 e. The lowest BCUT2D eigenvalue weighted by Gasteiger charge is -2.20. The molecule has 0 aromatic heterocycles. The first-order valence-electron chi connectivity index (χ1n) is 5.02. The van der Waals surface area contributed by atoms with E-state index in [0.717, 1.165) is 0 Å². The second-order valence-electron chi connectivity index (χ2n) is 3.70. The van der Waals surface area contributed by atoms with Gasteiger partial charge in [-0.15, -0.1) is 11.8 Å². The molecule has 1 aromatic rings. The van der Waals surface area contributed by atoms with E-state index in [9.17, 15) is 14.0 Å². The number of nitrogens with zero attached hydrogens (tertiary/aromatic N) is 1. The number of para-hydroxylation sites is 1. The summed E-state index contributed by atoms with van der Waals surface area (Å²) in [5.74, 6) is -2.05. The number of fused-ring (bicyclic) bond motifs is 1. The molecule has 1 unspecified atom stereocenters. The number of ketones is 2. The summed E-state index contributed by atoms with van der Waals surface area (Å²) in [4.78, 5) is 27.6. The maximum atomic E-state index is 13.5. The molecular weight excluding hydrogens is 241 g/mol. The Bertz CT molecular complexity index is 539. The standard InChI is InChI=1S/C12H10FNO2S/c1-6(15)9-11(16)7-4-3-5-8(13)10(7)14-12(9)17-2/h3-5,9H,1-2H3. The first-order chi connectivity index (χ1) is 8.06. The van der Waals surface area contributed by atoms with Crippen molar-refractivity contribution in [2.45, 2.75) is 6.92 Å². The summed E-state index contributed by atoms with van der Waals surface area (Å²) in [5, 5.41) is 0.361. The Kier molecular flexibility index (Phi) is 3.11. The molecule has 0 fully saturated rings. The van der Waals surface area contributed by atoms with Gasteiger partial charge in [-0.3, -0.25) is 9.59 Å². The number of benzene rings is 1. The molecule has 0 saturated heterocycles. The monoisotopic (exact) mass is 251 g/mol. The van der Waals surface area contributed by atoms with E-state index in [1.165, 1.54) is 36.9 Å². The van der Waals surface area contributed by atoms with Crippen LogP contribution in [0, 0.1) is 11.7 Å². The van der Waals surface area contributed by atoms with E-state index in [1.54, 1.807) is 6.26 Å². The van der Waals surface area contributed by atoms with Gasteiger partial charge in [0.1, 0.15) is 23.2 Å². The lowest BCUT2D eigenvalue weighted by molar-refractivity contribution is -0.117. The average Bonchev–Trinajstić information content (AvgIpc) is 2.29. The normalized spacial score (nSPS) is 18.6. The molecule has 1 aromatic carbocycles. The van der Waals surface area contributed by atoms with Gasteiger partial charge in [0.2, 0.25) is 0 Å². The molecule has 0 amide bonds. The molecule has 0 saturated carbocycles. The van der Waals surface area contributed by atoms with Crippen LogP contribution in [0.25, 0.3) is 0 Å². The van der Waals surface area contributed by atoms with E-state index in [0.29, 0.717) is 5.04 Å². The second-order valence-corrected chi connectivity index (χ2v) is 4.52. The molecule has 0 aliphatic carbocycles. The zero-order valence-corrected chi connectivity index (χ0v) is 10.2. The Morgan fingerprint density at radius 2 is 2.18 bits per heavy atom. The van der Waals surface area contributed by atoms with Crippen molar-refractivity contribution in [1.29, 1.82) is 0 Å². The summed E-state index contributed by atoms with van der Waals surface area (Å²) in [5.41, 5.74) is 0.224. The van der Waals surface area contributed by atoms with Crippen molar-refractivity contribution in [3.63, 3.8) is 0 Å². The van der Waals surface area contributed by atoms with Gasteiger partial charge in [0.15, 0.2) is 5.78 Å². The molecule has 5 heteroatoms. The van der Waals surface area contributed by atoms with E-state index in [1.807, 2.05) is 0 Å². The van der Waals surface area contributed by atoms with Gasteiger partial charge in [-0.2, -0.15) is 0 Å². The highest BCUT2D eigenvalue weighted by molar-refractivity contribution is 8.13. The average molecular weight is 251 g/mol. The van der Waals surface area contributed by atoms with Crippen LogP contribution in [-0.2, 0) is 4.79 Å². The van der Waals surface area contributed by atoms with Crippen molar-refractivity contribution in [3.8, 4) is 0 Å². The highest BCUT2D eigenvalue weighted by Crippen LogP contribution is 2.33. The van der Waals surface area contributed by atoms with E-state index in [2.05, 4.69) is 4.99 Å². The van der Waals surface area contributed by atoms with Gasteiger partial charge in [-0.1, -0.05) is 6.07 Å². The van der Waals surface area contributed by atoms with Gasteiger partial charge in [0, 0.05) is 5.56 Å². The van der Waals surface area contributed by atoms with Crippen molar-refractivity contribution in [1.82, 2.24) is 0 Å². The molecule has 0 radical (unpaired) electrons. The minimum absolute atomic E-state index is 0.0411. The fraction of sp³-hybridized carbons (Fsp3) is 0.250. The molecule has 3 nitrogen and oxygen atoms in total. The van der Waals surface area contributed by atoms with Gasteiger partial charge < -0.3 is 0 Å². The molecule has 1 aliphatic rings. The van der Waals surface area contributed by atoms with Crippen LogP contribution in [0.5, 0.6) is 0 Å². The summed E-state index contributed by atoms with van der Waals surface area (Å²) < 4.78 is 13.5. The highest BCUT2D eigenvalue weighted by atomic mass is 32.2. The molecule has 1 aliphatic heterocycles. The van der Waals surface area contributed by atoms with E-state index < -0.39 is 11.7 Å². The minimum Gasteiger partial charge on any atom is -0.299 e. The third-order valence-corrected chi connectivity index (χ3v) is 3.34. The lowest BCUT2D eigenvalue weighted by Crippen LogP contribution is -2.31. The Morgan fingerprint density at radius 1 is 1.47 bits per heavy atom. The van der Waals surface area contributed by atoms with Crippen LogP contribution in [0.3, 0.4) is 0 Å². The summed E-state index contributed by atoms with van der Waals surface area (Å²) >= 11 is 1.20. The lowest BCUT2D eigenvalue weighted by atomic mass is 9.91. The summed E-state index contributed by atoms with van der Waals surface area (Å²) in [7, 11) is 0. The molecule has 17 heavy (non-hydrogen) atoms. The Morgan fingerprint density at radius 3 is 2.76 bits per heavy atom. The number of hydrogen-bond acceptors (Lipinski definition) is 4. The van der Waals surface area contributed by atoms with Crippen LogP contribution >= 0.6 is 11.8 Å². The predicted molar refractivity (Wildman–Crippen MR) is 65.5 cm³/mol. The Hall–Kier alpha value is -1.49. The van der Waals surface area contributed by atoms with Crippen molar-refractivity contribution in [3.05, 3.63) is 29.6 Å². The SMILES string of the molecule is CSC1=Nc2c(F)cccc2C(=O)C1C(C)=O. The van der Waals surface area contributed by atoms with Gasteiger partial charge in [-0.25, -0.2) is 9.38 Å². The van der Waals surface area contributed by atoms with Crippen LogP contribution in [0.4, 0.5) is 10.1 Å². The Labute approximate surface area is 102 Å². The topological polar surface area (TPSA) is 46.5 Å². The molecule has 1 heterocycles. The molecule has 0 spiro atoms. The molecule has 1 atom stereocenters. The zero-order valence-electron chi connectivity index (χ0n) is 9.36. The minimum atomic E-state index is -0.876. The van der Waals surface area contributed by atoms with Crippen molar-refractivity contribution >= 4 is 34.1 Å². The maximum absolute atomic E-state index is 13.5. The molecule has 0 bridgehead atoms. The molecule has 0 N–H and O–H groups in total. The fourth-order valence-corrected chi connectivity index (χ4v) is 2.48. The number of aliphatic imine (C=N–C) groups is 1. The number of carbonyl (C=O) groups is 2. The van der Waals surface area contributed by atoms with Crippen LogP contribution in [0.2, 0.25) is 0 Å². The predicted octanol–water partition coefficient (Wildman–Crippen LogP) is 2.62. The van der Waals surface area contributed by atoms with E-state index >= 15 is 0 Å². The number of thioether (sulfide) groups is 1. The summed E-state index contributed by atoms with van der Waals surface area (Å²) in [6, 6.07) is 4.20. The van der Waals surface area contributed by atoms with Crippen LogP contribution in [0.15, 0.2) is 23.2 Å². The highest BCUT2D eigenvalue weighted by Gasteiger charge is 2.35. The van der Waals surface area contributed by atoms with Gasteiger partial charge in [0.25, 0.3) is 0 Å². The van der Waals surface area contributed by atoms with Crippen molar-refractivity contribution < 1.29 is 14.0 Å². The van der Waals surface area contributed by atoms with Crippen LogP contribution < -0.4 is 0 Å². The number of rotatable bonds is 1. The van der Waals surface area contributed by atoms with Crippen molar-refractivity contribution in [2.24, 2.45) is 10.9 Å². The maximum Gasteiger partial charge on any atom is 0.182 e. The molecule has 2 rings (SSSR count). The molecule has 88 valence electrons. The zero-order chi connectivity index (χ0) is 12.6. The quantitative estimate of drug-likeness (QED) is 0.721. The Balaban J connectivity index is 2.65. The van der Waals surface area contributed by atoms with Gasteiger partial charge >= 0.3 is 0 Å². The number of halogens is 1. The number of Topliss-reactive ketones (excluding diaryl/α,β-unsaturated/α-hetero) is 2. The first kappa shape index (κ1) is 12.0. The van der Waals surface area contributed by atoms with E-state index in [4.69, 9.17) is 0 Å². The van der Waals surface area contributed by atoms with Crippen LogP contribution in [-0.4, -0.2) is 22.9 Å². The van der Waals surface area contributed by atoms with Crippen LogP contribution in [0.1, 0.15) is 17.3 Å². The van der Waals surface area contributed by atoms with E-state index in [-0.39, 0.29) is 22.8 Å². The summed E-state index contributed by atoms with van der Waals surface area (Å²) in [6.45, 7) is 1.35. The molecular formula is C12H10FNO2S. The number of hydrogen-bond donors (Lipinski definition) is 0. The van der Waals surface area contributed by atoms with Crippen molar-refractivity contribution in [2.75, 3.05) is 6.26 Å². The third kappa shape index (κ3) is 1.91. The number of carbonyl (C=O) groups excluding carboxylic acids is 2. The fourth-order valence-electron chi connectivity index (χ4n) is 1.79.